The lowest BCUT2D eigenvalue weighted by Crippen LogP contribution is -2.41. The van der Waals surface area contributed by atoms with Crippen LogP contribution in [-0.2, 0) is 13.0 Å². The fourth-order valence-electron chi connectivity index (χ4n) is 2.76. The molecule has 2 amide bonds. The summed E-state index contributed by atoms with van der Waals surface area (Å²) in [7, 11) is 0. The van der Waals surface area contributed by atoms with Crippen molar-refractivity contribution in [3.63, 3.8) is 0 Å². The fraction of sp³-hybridized carbons (Fsp3) is 0.706. The number of amides is 2. The van der Waals surface area contributed by atoms with E-state index in [0.29, 0.717) is 18.1 Å². The fourth-order valence-corrected chi connectivity index (χ4v) is 2.76. The van der Waals surface area contributed by atoms with E-state index in [0.717, 1.165) is 44.3 Å². The van der Waals surface area contributed by atoms with Crippen molar-refractivity contribution in [3.05, 3.63) is 17.2 Å². The minimum absolute atomic E-state index is 0.184. The van der Waals surface area contributed by atoms with Crippen LogP contribution >= 0.6 is 0 Å². The Hall–Kier alpha value is -1.85. The van der Waals surface area contributed by atoms with Gasteiger partial charge < -0.3 is 15.2 Å². The first-order chi connectivity index (χ1) is 10.8. The molecular weight excluding hydrogens is 292 g/mol. The molecular formula is C17H28N4O2. The van der Waals surface area contributed by atoms with Crippen LogP contribution < -0.4 is 10.6 Å². The minimum Gasteiger partial charge on any atom is -0.349 e. The number of rotatable bonds is 5. The van der Waals surface area contributed by atoms with Crippen molar-refractivity contribution >= 4 is 11.8 Å². The number of aromatic nitrogens is 2. The molecule has 0 bridgehead atoms. The zero-order valence-electron chi connectivity index (χ0n) is 14.7. The monoisotopic (exact) mass is 320 g/mol. The summed E-state index contributed by atoms with van der Waals surface area (Å²) in [6.07, 6.45) is 4.80. The zero-order chi connectivity index (χ0) is 17.0. The van der Waals surface area contributed by atoms with Crippen molar-refractivity contribution in [2.45, 2.75) is 71.9 Å². The summed E-state index contributed by atoms with van der Waals surface area (Å²) in [5.74, 6) is -0.0120. The molecule has 0 aliphatic carbocycles. The topological polar surface area (TPSA) is 76.0 Å². The van der Waals surface area contributed by atoms with E-state index in [1.54, 1.807) is 0 Å². The van der Waals surface area contributed by atoms with Crippen molar-refractivity contribution in [2.24, 2.45) is 0 Å². The van der Waals surface area contributed by atoms with Gasteiger partial charge in [0.25, 0.3) is 11.8 Å². The van der Waals surface area contributed by atoms with E-state index in [9.17, 15) is 9.59 Å². The largest absolute Gasteiger partial charge is 0.349 e. The summed E-state index contributed by atoms with van der Waals surface area (Å²) in [6.45, 7) is 9.28. The second-order valence-corrected chi connectivity index (χ2v) is 7.15. The summed E-state index contributed by atoms with van der Waals surface area (Å²) in [5, 5.41) is 5.84. The molecule has 0 fully saturated rings. The molecule has 0 radical (unpaired) electrons. The van der Waals surface area contributed by atoms with E-state index < -0.39 is 0 Å². The molecule has 23 heavy (non-hydrogen) atoms. The molecule has 1 aromatic heterocycles. The van der Waals surface area contributed by atoms with Gasteiger partial charge in [-0.1, -0.05) is 13.3 Å². The molecule has 2 heterocycles. The summed E-state index contributed by atoms with van der Waals surface area (Å²) in [6, 6.07) is 0. The van der Waals surface area contributed by atoms with Gasteiger partial charge in [-0.3, -0.25) is 9.59 Å². The number of nitrogens with one attached hydrogen (secondary N) is 2. The van der Waals surface area contributed by atoms with Crippen LogP contribution in [0, 0.1) is 0 Å². The van der Waals surface area contributed by atoms with Crippen LogP contribution in [0.4, 0.5) is 0 Å². The molecule has 2 N–H and O–H groups in total. The van der Waals surface area contributed by atoms with Crippen LogP contribution in [0.2, 0.25) is 0 Å². The van der Waals surface area contributed by atoms with Gasteiger partial charge in [-0.25, -0.2) is 4.98 Å². The van der Waals surface area contributed by atoms with Gasteiger partial charge in [0, 0.05) is 18.6 Å². The van der Waals surface area contributed by atoms with Gasteiger partial charge in [-0.05, 0) is 46.5 Å². The highest BCUT2D eigenvalue weighted by atomic mass is 16.2. The first-order valence-corrected chi connectivity index (χ1v) is 8.53. The molecule has 1 aromatic rings. The lowest BCUT2D eigenvalue weighted by molar-refractivity contribution is 0.0913. The highest BCUT2D eigenvalue weighted by molar-refractivity contribution is 5.97. The van der Waals surface area contributed by atoms with E-state index in [2.05, 4.69) is 22.5 Å². The Labute approximate surface area is 138 Å². The Morgan fingerprint density at radius 2 is 1.96 bits per heavy atom. The first kappa shape index (κ1) is 17.5. The third-order valence-electron chi connectivity index (χ3n) is 3.84. The second-order valence-electron chi connectivity index (χ2n) is 7.15. The Morgan fingerprint density at radius 3 is 2.61 bits per heavy atom. The van der Waals surface area contributed by atoms with Crippen molar-refractivity contribution in [3.8, 4) is 0 Å². The van der Waals surface area contributed by atoms with E-state index >= 15 is 0 Å². The Morgan fingerprint density at radius 1 is 1.22 bits per heavy atom. The smallest absolute Gasteiger partial charge is 0.287 e. The number of hydrogen-bond donors (Lipinski definition) is 2. The van der Waals surface area contributed by atoms with Crippen LogP contribution in [0.15, 0.2) is 0 Å². The Bertz CT molecular complexity index is 584. The molecule has 6 heteroatoms. The third kappa shape index (κ3) is 4.33. The summed E-state index contributed by atoms with van der Waals surface area (Å²) >= 11 is 0. The summed E-state index contributed by atoms with van der Waals surface area (Å²) in [4.78, 5) is 29.3. The maximum Gasteiger partial charge on any atom is 0.287 e. The quantitative estimate of drug-likeness (QED) is 0.817. The number of hydrogen-bond acceptors (Lipinski definition) is 3. The van der Waals surface area contributed by atoms with Crippen LogP contribution in [0.25, 0.3) is 0 Å². The second kappa shape index (κ2) is 7.15. The number of carbonyl (C=O) groups excluding carboxylic acids is 2. The van der Waals surface area contributed by atoms with Gasteiger partial charge in [-0.15, -0.1) is 0 Å². The van der Waals surface area contributed by atoms with E-state index in [1.165, 1.54) is 0 Å². The number of imidazole rings is 1. The zero-order valence-corrected chi connectivity index (χ0v) is 14.7. The minimum atomic E-state index is -0.328. The molecule has 0 aromatic carbocycles. The number of nitrogens with zero attached hydrogens (tertiary/aromatic N) is 2. The summed E-state index contributed by atoms with van der Waals surface area (Å²) in [5.41, 5.74) is 0.963. The predicted molar refractivity (Wildman–Crippen MR) is 89.6 cm³/mol. The molecule has 1 aliphatic heterocycles. The normalized spacial score (nSPS) is 14.3. The van der Waals surface area contributed by atoms with Gasteiger partial charge in [0.2, 0.25) is 0 Å². The van der Waals surface area contributed by atoms with Gasteiger partial charge in [0.1, 0.15) is 5.69 Å². The SMILES string of the molecule is CCCCNC(=O)c1nc(C(=O)NC(C)(C)C)c2n1CCCC2. The molecule has 1 aliphatic rings. The average molecular weight is 320 g/mol. The molecule has 0 saturated heterocycles. The van der Waals surface area contributed by atoms with Crippen molar-refractivity contribution < 1.29 is 9.59 Å². The number of fused-ring (bicyclic) bond motifs is 1. The predicted octanol–water partition coefficient (Wildman–Crippen LogP) is 2.28. The molecule has 0 unspecified atom stereocenters. The van der Waals surface area contributed by atoms with Crippen LogP contribution in [0.3, 0.4) is 0 Å². The molecule has 2 rings (SSSR count). The molecule has 6 nitrogen and oxygen atoms in total. The van der Waals surface area contributed by atoms with Gasteiger partial charge >= 0.3 is 0 Å². The molecule has 0 atom stereocenters. The van der Waals surface area contributed by atoms with Crippen molar-refractivity contribution in [2.75, 3.05) is 6.54 Å². The van der Waals surface area contributed by atoms with Gasteiger partial charge in [0.15, 0.2) is 5.82 Å². The Kier molecular flexibility index (Phi) is 5.44. The Balaban J connectivity index is 2.27. The van der Waals surface area contributed by atoms with Crippen LogP contribution in [0.1, 0.15) is 80.2 Å². The third-order valence-corrected chi connectivity index (χ3v) is 3.84. The maximum absolute atomic E-state index is 12.5. The van der Waals surface area contributed by atoms with E-state index in [4.69, 9.17) is 0 Å². The average Bonchev–Trinajstić information content (AvgIpc) is 2.85. The first-order valence-electron chi connectivity index (χ1n) is 8.53. The van der Waals surface area contributed by atoms with Crippen molar-refractivity contribution in [1.82, 2.24) is 20.2 Å². The highest BCUT2D eigenvalue weighted by Crippen LogP contribution is 2.21. The molecule has 0 spiro atoms. The van der Waals surface area contributed by atoms with Crippen LogP contribution in [0.5, 0.6) is 0 Å². The lowest BCUT2D eigenvalue weighted by Gasteiger charge is -2.21. The standard InChI is InChI=1S/C17H28N4O2/c1-5-6-10-18-16(23)14-19-13(15(22)20-17(2,3)4)12-9-7-8-11-21(12)14/h5-11H2,1-4H3,(H,18,23)(H,20,22). The summed E-state index contributed by atoms with van der Waals surface area (Å²) < 4.78 is 1.92. The highest BCUT2D eigenvalue weighted by Gasteiger charge is 2.28. The van der Waals surface area contributed by atoms with E-state index in [1.807, 2.05) is 25.3 Å². The van der Waals surface area contributed by atoms with E-state index in [-0.39, 0.29) is 17.4 Å². The molecule has 0 saturated carbocycles. The van der Waals surface area contributed by atoms with Crippen LogP contribution in [-0.4, -0.2) is 33.4 Å². The molecule has 128 valence electrons. The maximum atomic E-state index is 12.5. The number of carbonyl (C=O) groups is 2. The van der Waals surface area contributed by atoms with Gasteiger partial charge in [0.05, 0.1) is 5.69 Å². The lowest BCUT2D eigenvalue weighted by atomic mass is 10.1. The van der Waals surface area contributed by atoms with Gasteiger partial charge in [-0.2, -0.15) is 0 Å². The number of unbranched alkanes of at least 4 members (excludes halogenated alkanes) is 1. The van der Waals surface area contributed by atoms with Crippen molar-refractivity contribution in [1.29, 1.82) is 0 Å².